The Labute approximate surface area is 88.0 Å². The molecule has 15 heavy (non-hydrogen) atoms. The van der Waals surface area contributed by atoms with Crippen LogP contribution >= 0.6 is 0 Å². The summed E-state index contributed by atoms with van der Waals surface area (Å²) in [5.41, 5.74) is -0.238. The molecule has 3 heteroatoms. The molecule has 0 aliphatic carbocycles. The van der Waals surface area contributed by atoms with Crippen molar-refractivity contribution in [2.45, 2.75) is 25.6 Å². The molecule has 1 unspecified atom stereocenters. The Morgan fingerprint density at radius 3 is 2.80 bits per heavy atom. The zero-order chi connectivity index (χ0) is 11.1. The van der Waals surface area contributed by atoms with Crippen molar-refractivity contribution in [2.24, 2.45) is 0 Å². The average Bonchev–Trinajstić information content (AvgIpc) is 2.15. The van der Waals surface area contributed by atoms with Crippen LogP contribution in [0.2, 0.25) is 0 Å². The number of ether oxygens (including phenoxy) is 1. The van der Waals surface area contributed by atoms with Gasteiger partial charge in [0.25, 0.3) is 0 Å². The van der Waals surface area contributed by atoms with Crippen molar-refractivity contribution in [2.75, 3.05) is 0 Å². The van der Waals surface area contributed by atoms with Crippen molar-refractivity contribution in [1.29, 1.82) is 0 Å². The maximum Gasteiger partial charge on any atom is 0.145 e. The Morgan fingerprint density at radius 2 is 2.13 bits per heavy atom. The Balaban J connectivity index is 2.32. The first-order chi connectivity index (χ1) is 6.97. The normalized spacial score (nSPS) is 19.6. The highest BCUT2D eigenvalue weighted by Crippen LogP contribution is 2.29. The third kappa shape index (κ3) is 2.02. The van der Waals surface area contributed by atoms with Crippen molar-refractivity contribution >= 4 is 6.08 Å². The van der Waals surface area contributed by atoms with E-state index in [2.05, 4.69) is 0 Å². The van der Waals surface area contributed by atoms with Gasteiger partial charge in [0.1, 0.15) is 17.7 Å². The molecule has 0 spiro atoms. The van der Waals surface area contributed by atoms with Gasteiger partial charge in [0, 0.05) is 5.56 Å². The number of hydrogen-bond acceptors (Lipinski definition) is 2. The van der Waals surface area contributed by atoms with Gasteiger partial charge >= 0.3 is 0 Å². The van der Waals surface area contributed by atoms with E-state index in [-0.39, 0.29) is 5.82 Å². The van der Waals surface area contributed by atoms with E-state index in [1.807, 2.05) is 0 Å². The molecule has 1 aromatic carbocycles. The summed E-state index contributed by atoms with van der Waals surface area (Å²) in [5.74, 6) is 0.315. The van der Waals surface area contributed by atoms with Crippen LogP contribution in [-0.2, 0) is 0 Å². The standard InChI is InChI=1S/C12H13FO2/c1-12(2,14)11-6-3-8-7-9(13)4-5-10(8)15-11/h3-7,11,14H,1-2H3. The third-order valence-electron chi connectivity index (χ3n) is 2.37. The lowest BCUT2D eigenvalue weighted by Crippen LogP contribution is -2.39. The van der Waals surface area contributed by atoms with Crippen molar-refractivity contribution in [3.63, 3.8) is 0 Å². The quantitative estimate of drug-likeness (QED) is 0.767. The first-order valence-corrected chi connectivity index (χ1v) is 4.83. The molecule has 0 radical (unpaired) electrons. The molecule has 0 fully saturated rings. The average molecular weight is 208 g/mol. The molecule has 1 heterocycles. The Hall–Kier alpha value is -1.35. The summed E-state index contributed by atoms with van der Waals surface area (Å²) in [6.07, 6.45) is 3.11. The summed E-state index contributed by atoms with van der Waals surface area (Å²) in [5, 5.41) is 9.77. The van der Waals surface area contributed by atoms with Gasteiger partial charge in [0.05, 0.1) is 5.60 Å². The molecule has 1 aliphatic rings. The van der Waals surface area contributed by atoms with E-state index in [9.17, 15) is 9.50 Å². The smallest absolute Gasteiger partial charge is 0.145 e. The highest BCUT2D eigenvalue weighted by atomic mass is 19.1. The summed E-state index contributed by atoms with van der Waals surface area (Å²) in [4.78, 5) is 0. The summed E-state index contributed by atoms with van der Waals surface area (Å²) < 4.78 is 18.4. The van der Waals surface area contributed by atoms with E-state index in [0.717, 1.165) is 0 Å². The first-order valence-electron chi connectivity index (χ1n) is 4.83. The lowest BCUT2D eigenvalue weighted by Gasteiger charge is -2.30. The topological polar surface area (TPSA) is 29.5 Å². The van der Waals surface area contributed by atoms with E-state index in [1.165, 1.54) is 12.1 Å². The van der Waals surface area contributed by atoms with E-state index in [4.69, 9.17) is 4.74 Å². The summed E-state index contributed by atoms with van der Waals surface area (Å²) in [6.45, 7) is 3.35. The van der Waals surface area contributed by atoms with Crippen LogP contribution in [0.4, 0.5) is 4.39 Å². The van der Waals surface area contributed by atoms with Gasteiger partial charge in [-0.2, -0.15) is 0 Å². The minimum Gasteiger partial charge on any atom is -0.483 e. The number of halogens is 1. The fourth-order valence-electron chi connectivity index (χ4n) is 1.50. The van der Waals surface area contributed by atoms with E-state index in [0.29, 0.717) is 11.3 Å². The van der Waals surface area contributed by atoms with Gasteiger partial charge < -0.3 is 9.84 Å². The molecule has 1 N–H and O–H groups in total. The van der Waals surface area contributed by atoms with Crippen LogP contribution in [0.15, 0.2) is 24.3 Å². The van der Waals surface area contributed by atoms with Gasteiger partial charge in [-0.15, -0.1) is 0 Å². The minimum absolute atomic E-state index is 0.288. The number of benzene rings is 1. The lowest BCUT2D eigenvalue weighted by atomic mass is 9.98. The summed E-state index contributed by atoms with van der Waals surface area (Å²) in [7, 11) is 0. The fourth-order valence-corrected chi connectivity index (χ4v) is 1.50. The third-order valence-corrected chi connectivity index (χ3v) is 2.37. The van der Waals surface area contributed by atoms with Gasteiger partial charge in [-0.25, -0.2) is 4.39 Å². The number of fused-ring (bicyclic) bond motifs is 1. The van der Waals surface area contributed by atoms with Crippen LogP contribution < -0.4 is 4.74 Å². The molecule has 2 rings (SSSR count). The molecule has 1 atom stereocenters. The van der Waals surface area contributed by atoms with Gasteiger partial charge in [-0.1, -0.05) is 6.08 Å². The molecule has 0 saturated carbocycles. The second-order valence-corrected chi connectivity index (χ2v) is 4.23. The fraction of sp³-hybridized carbons (Fsp3) is 0.333. The van der Waals surface area contributed by atoms with E-state index < -0.39 is 11.7 Å². The monoisotopic (exact) mass is 208 g/mol. The summed E-state index contributed by atoms with van der Waals surface area (Å²) >= 11 is 0. The van der Waals surface area contributed by atoms with Crippen molar-refractivity contribution < 1.29 is 14.2 Å². The van der Waals surface area contributed by atoms with Crippen molar-refractivity contribution in [3.05, 3.63) is 35.7 Å². The predicted octanol–water partition coefficient (Wildman–Crippen LogP) is 2.37. The van der Waals surface area contributed by atoms with Crippen LogP contribution in [0.1, 0.15) is 19.4 Å². The summed E-state index contributed by atoms with van der Waals surface area (Å²) in [6, 6.07) is 4.33. The molecule has 1 aliphatic heterocycles. The first kappa shape index (κ1) is 10.2. The SMILES string of the molecule is CC(C)(O)C1C=Cc2cc(F)ccc2O1. The molecular formula is C12H13FO2. The van der Waals surface area contributed by atoms with E-state index in [1.54, 1.807) is 32.1 Å². The molecule has 80 valence electrons. The maximum atomic E-state index is 12.9. The van der Waals surface area contributed by atoms with Crippen LogP contribution in [0.3, 0.4) is 0 Å². The van der Waals surface area contributed by atoms with Crippen molar-refractivity contribution in [1.82, 2.24) is 0 Å². The zero-order valence-electron chi connectivity index (χ0n) is 8.70. The lowest BCUT2D eigenvalue weighted by molar-refractivity contribution is -0.0107. The predicted molar refractivity (Wildman–Crippen MR) is 56.1 cm³/mol. The Bertz CT molecular complexity index is 405. The second kappa shape index (κ2) is 3.35. The molecule has 2 nitrogen and oxygen atoms in total. The van der Waals surface area contributed by atoms with Gasteiger partial charge in [-0.3, -0.25) is 0 Å². The van der Waals surface area contributed by atoms with Gasteiger partial charge in [0.2, 0.25) is 0 Å². The minimum atomic E-state index is -0.942. The number of rotatable bonds is 1. The molecule has 0 amide bonds. The van der Waals surface area contributed by atoms with Crippen LogP contribution in [0.5, 0.6) is 5.75 Å². The molecule has 0 aromatic heterocycles. The van der Waals surface area contributed by atoms with Crippen LogP contribution in [0.25, 0.3) is 6.08 Å². The zero-order valence-corrected chi connectivity index (χ0v) is 8.70. The molecule has 0 bridgehead atoms. The van der Waals surface area contributed by atoms with Crippen LogP contribution in [-0.4, -0.2) is 16.8 Å². The Kier molecular flexibility index (Phi) is 2.27. The van der Waals surface area contributed by atoms with Crippen LogP contribution in [0, 0.1) is 5.82 Å². The number of aliphatic hydroxyl groups is 1. The second-order valence-electron chi connectivity index (χ2n) is 4.23. The largest absolute Gasteiger partial charge is 0.483 e. The Morgan fingerprint density at radius 1 is 1.40 bits per heavy atom. The maximum absolute atomic E-state index is 12.9. The van der Waals surface area contributed by atoms with Gasteiger partial charge in [-0.05, 0) is 38.1 Å². The highest BCUT2D eigenvalue weighted by Gasteiger charge is 2.29. The number of hydrogen-bond donors (Lipinski definition) is 1. The van der Waals surface area contributed by atoms with E-state index >= 15 is 0 Å². The highest BCUT2D eigenvalue weighted by molar-refractivity contribution is 5.60. The molecule has 0 saturated heterocycles. The van der Waals surface area contributed by atoms with Crippen molar-refractivity contribution in [3.8, 4) is 5.75 Å². The van der Waals surface area contributed by atoms with Gasteiger partial charge in [0.15, 0.2) is 0 Å². The molecule has 1 aromatic rings. The molecular weight excluding hydrogens is 195 g/mol.